The van der Waals surface area contributed by atoms with Gasteiger partial charge in [0.05, 0.1) is 29.8 Å². The van der Waals surface area contributed by atoms with Crippen molar-refractivity contribution in [1.82, 2.24) is 4.90 Å². The Hall–Kier alpha value is -1.81. The number of hydrogen-bond donors (Lipinski definition) is 1. The number of hydrogen-bond acceptors (Lipinski definition) is 4. The number of rotatable bonds is 2. The summed E-state index contributed by atoms with van der Waals surface area (Å²) in [5.74, 6) is 0. The van der Waals surface area contributed by atoms with E-state index in [2.05, 4.69) is 5.32 Å². The van der Waals surface area contributed by atoms with E-state index in [9.17, 15) is 4.79 Å². The maximum absolute atomic E-state index is 12.6. The lowest BCUT2D eigenvalue weighted by Crippen LogP contribution is -2.51. The molecule has 2 aliphatic rings. The number of nitriles is 1. The monoisotopic (exact) mass is 335 g/mol. The Morgan fingerprint density at radius 3 is 2.83 bits per heavy atom. The highest BCUT2D eigenvalue weighted by Gasteiger charge is 2.36. The predicted molar refractivity (Wildman–Crippen MR) is 85.2 cm³/mol. The van der Waals surface area contributed by atoms with Crippen molar-refractivity contribution in [2.75, 3.05) is 25.1 Å². The van der Waals surface area contributed by atoms with E-state index in [0.717, 1.165) is 19.3 Å². The summed E-state index contributed by atoms with van der Waals surface area (Å²) in [5, 5.41) is 12.1. The molecule has 0 saturated carbocycles. The van der Waals surface area contributed by atoms with E-state index in [4.69, 9.17) is 26.3 Å². The first-order valence-electron chi connectivity index (χ1n) is 7.69. The standard InChI is InChI=1S/C16H18ClN3O3/c17-13-9-12(5-4-11(13)10-18)19-16(21)20-6-2-1-3-14(20)15-22-7-8-23-15/h4-5,9,14-15H,1-3,6-8H2,(H,19,21). The van der Waals surface area contributed by atoms with Gasteiger partial charge in [-0.2, -0.15) is 5.26 Å². The Morgan fingerprint density at radius 2 is 2.13 bits per heavy atom. The van der Waals surface area contributed by atoms with Gasteiger partial charge >= 0.3 is 6.03 Å². The van der Waals surface area contributed by atoms with Crippen molar-refractivity contribution in [3.8, 4) is 6.07 Å². The molecule has 7 heteroatoms. The van der Waals surface area contributed by atoms with E-state index in [1.54, 1.807) is 23.1 Å². The molecule has 2 amide bonds. The fourth-order valence-electron chi connectivity index (χ4n) is 2.97. The second-order valence-corrected chi connectivity index (χ2v) is 6.01. The van der Waals surface area contributed by atoms with Crippen LogP contribution in [0, 0.1) is 11.3 Å². The number of urea groups is 1. The van der Waals surface area contributed by atoms with Crippen molar-refractivity contribution >= 4 is 23.3 Å². The molecule has 1 unspecified atom stereocenters. The number of nitrogens with zero attached hydrogens (tertiary/aromatic N) is 2. The summed E-state index contributed by atoms with van der Waals surface area (Å²) in [6.45, 7) is 1.81. The van der Waals surface area contributed by atoms with Gasteiger partial charge in [-0.05, 0) is 37.5 Å². The molecule has 6 nitrogen and oxygen atoms in total. The highest BCUT2D eigenvalue weighted by Crippen LogP contribution is 2.26. The summed E-state index contributed by atoms with van der Waals surface area (Å²) in [5.41, 5.74) is 0.949. The van der Waals surface area contributed by atoms with Crippen LogP contribution >= 0.6 is 11.6 Å². The van der Waals surface area contributed by atoms with Crippen LogP contribution in [0.4, 0.5) is 10.5 Å². The Morgan fingerprint density at radius 1 is 1.35 bits per heavy atom. The first kappa shape index (κ1) is 16.1. The van der Waals surface area contributed by atoms with Crippen LogP contribution in [0.25, 0.3) is 0 Å². The minimum atomic E-state index is -0.342. The summed E-state index contributed by atoms with van der Waals surface area (Å²) in [6, 6.07) is 6.57. The summed E-state index contributed by atoms with van der Waals surface area (Å²) >= 11 is 6.00. The maximum atomic E-state index is 12.6. The van der Waals surface area contributed by atoms with Crippen LogP contribution < -0.4 is 5.32 Å². The Balaban J connectivity index is 1.70. The third kappa shape index (κ3) is 3.58. The van der Waals surface area contributed by atoms with Crippen LogP contribution in [0.2, 0.25) is 5.02 Å². The normalized spacial score (nSPS) is 21.9. The number of carbonyl (C=O) groups is 1. The molecular formula is C16H18ClN3O3. The number of nitrogens with one attached hydrogen (secondary N) is 1. The van der Waals surface area contributed by atoms with Gasteiger partial charge in [-0.1, -0.05) is 11.6 Å². The molecule has 2 heterocycles. The highest BCUT2D eigenvalue weighted by molar-refractivity contribution is 6.32. The lowest BCUT2D eigenvalue weighted by molar-refractivity contribution is -0.0973. The minimum absolute atomic E-state index is 0.0693. The molecular weight excluding hydrogens is 318 g/mol. The summed E-state index contributed by atoms with van der Waals surface area (Å²) < 4.78 is 11.1. The molecule has 122 valence electrons. The number of carbonyl (C=O) groups excluding carboxylic acids is 1. The third-order valence-electron chi connectivity index (χ3n) is 4.11. The van der Waals surface area contributed by atoms with Crippen molar-refractivity contribution in [3.05, 3.63) is 28.8 Å². The van der Waals surface area contributed by atoms with Gasteiger partial charge in [-0.25, -0.2) is 4.79 Å². The van der Waals surface area contributed by atoms with Crippen molar-refractivity contribution in [1.29, 1.82) is 5.26 Å². The topological polar surface area (TPSA) is 74.6 Å². The van der Waals surface area contributed by atoms with E-state index < -0.39 is 0 Å². The number of halogens is 1. The first-order valence-corrected chi connectivity index (χ1v) is 8.07. The average molecular weight is 336 g/mol. The van der Waals surface area contributed by atoms with Crippen LogP contribution in [0.15, 0.2) is 18.2 Å². The molecule has 1 aromatic carbocycles. The number of ether oxygens (including phenoxy) is 2. The molecule has 0 spiro atoms. The van der Waals surface area contributed by atoms with Crippen LogP contribution in [-0.4, -0.2) is 43.0 Å². The van der Waals surface area contributed by atoms with Crippen LogP contribution in [0.3, 0.4) is 0 Å². The van der Waals surface area contributed by atoms with E-state index in [-0.39, 0.29) is 18.4 Å². The van der Waals surface area contributed by atoms with Gasteiger partial charge in [0.1, 0.15) is 6.07 Å². The lowest BCUT2D eigenvalue weighted by atomic mass is 10.0. The average Bonchev–Trinajstić information content (AvgIpc) is 3.09. The van der Waals surface area contributed by atoms with Gasteiger partial charge in [0.2, 0.25) is 0 Å². The van der Waals surface area contributed by atoms with E-state index in [1.807, 2.05) is 6.07 Å². The van der Waals surface area contributed by atoms with E-state index in [0.29, 0.717) is 36.0 Å². The second kappa shape index (κ2) is 7.18. The maximum Gasteiger partial charge on any atom is 0.322 e. The molecule has 1 atom stereocenters. The number of benzene rings is 1. The highest BCUT2D eigenvalue weighted by atomic mass is 35.5. The van der Waals surface area contributed by atoms with Gasteiger partial charge in [-0.15, -0.1) is 0 Å². The zero-order valence-corrected chi connectivity index (χ0v) is 13.4. The number of piperidine rings is 1. The molecule has 1 N–H and O–H groups in total. The smallest absolute Gasteiger partial charge is 0.322 e. The first-order chi connectivity index (χ1) is 11.2. The van der Waals surface area contributed by atoms with Crippen molar-refractivity contribution in [2.24, 2.45) is 0 Å². The number of anilines is 1. The van der Waals surface area contributed by atoms with Gasteiger partial charge in [0, 0.05) is 12.2 Å². The molecule has 2 saturated heterocycles. The van der Waals surface area contributed by atoms with Crippen molar-refractivity contribution in [2.45, 2.75) is 31.6 Å². The van der Waals surface area contributed by atoms with Gasteiger partial charge in [0.15, 0.2) is 6.29 Å². The molecule has 1 aromatic rings. The number of amides is 2. The molecule has 0 bridgehead atoms. The summed E-state index contributed by atoms with van der Waals surface area (Å²) in [4.78, 5) is 14.4. The largest absolute Gasteiger partial charge is 0.348 e. The third-order valence-corrected chi connectivity index (χ3v) is 4.43. The second-order valence-electron chi connectivity index (χ2n) is 5.60. The zero-order chi connectivity index (χ0) is 16.2. The molecule has 0 aliphatic carbocycles. The molecule has 23 heavy (non-hydrogen) atoms. The van der Waals surface area contributed by atoms with Crippen LogP contribution in [-0.2, 0) is 9.47 Å². The fourth-order valence-corrected chi connectivity index (χ4v) is 3.19. The van der Waals surface area contributed by atoms with E-state index in [1.165, 1.54) is 0 Å². The molecule has 0 aromatic heterocycles. The molecule has 2 fully saturated rings. The molecule has 2 aliphatic heterocycles. The predicted octanol–water partition coefficient (Wildman–Crippen LogP) is 2.97. The SMILES string of the molecule is N#Cc1ccc(NC(=O)N2CCCCC2C2OCCO2)cc1Cl. The quantitative estimate of drug-likeness (QED) is 0.901. The summed E-state index contributed by atoms with van der Waals surface area (Å²) in [6.07, 6.45) is 2.54. The Bertz CT molecular complexity index is 625. The lowest BCUT2D eigenvalue weighted by Gasteiger charge is -2.37. The Labute approximate surface area is 139 Å². The molecule has 0 radical (unpaired) electrons. The molecule has 3 rings (SSSR count). The van der Waals surface area contributed by atoms with Crippen LogP contribution in [0.5, 0.6) is 0 Å². The number of likely N-dealkylation sites (tertiary alicyclic amines) is 1. The van der Waals surface area contributed by atoms with Gasteiger partial charge in [0.25, 0.3) is 0 Å². The van der Waals surface area contributed by atoms with Gasteiger partial charge < -0.3 is 19.7 Å². The zero-order valence-electron chi connectivity index (χ0n) is 12.6. The Kier molecular flexibility index (Phi) is 5.01. The fraction of sp³-hybridized carbons (Fsp3) is 0.500. The summed E-state index contributed by atoms with van der Waals surface area (Å²) in [7, 11) is 0. The van der Waals surface area contributed by atoms with Crippen molar-refractivity contribution < 1.29 is 14.3 Å². The van der Waals surface area contributed by atoms with Crippen molar-refractivity contribution in [3.63, 3.8) is 0 Å². The van der Waals surface area contributed by atoms with Gasteiger partial charge in [-0.3, -0.25) is 0 Å². The minimum Gasteiger partial charge on any atom is -0.348 e. The van der Waals surface area contributed by atoms with E-state index >= 15 is 0 Å². The van der Waals surface area contributed by atoms with Crippen LogP contribution in [0.1, 0.15) is 24.8 Å².